The molecule has 1 saturated heterocycles. The summed E-state index contributed by atoms with van der Waals surface area (Å²) in [6.45, 7) is 2.80. The second-order valence-electron chi connectivity index (χ2n) is 5.52. The SMILES string of the molecule is CO[C@@H](C(=O)N1CCC(C(=O)O)C(C)C1)c1ccccc1. The average Bonchev–Trinajstić information content (AvgIpc) is 2.48. The van der Waals surface area contributed by atoms with E-state index in [0.29, 0.717) is 19.5 Å². The van der Waals surface area contributed by atoms with Crippen LogP contribution in [0.25, 0.3) is 0 Å². The highest BCUT2D eigenvalue weighted by molar-refractivity contribution is 5.82. The summed E-state index contributed by atoms with van der Waals surface area (Å²) in [5.74, 6) is -1.29. The average molecular weight is 291 g/mol. The summed E-state index contributed by atoms with van der Waals surface area (Å²) in [6.07, 6.45) is -0.132. The van der Waals surface area contributed by atoms with Gasteiger partial charge in [0, 0.05) is 20.2 Å². The molecule has 1 aromatic carbocycles. The van der Waals surface area contributed by atoms with Crippen LogP contribution in [-0.2, 0) is 14.3 Å². The Morgan fingerprint density at radius 1 is 1.33 bits per heavy atom. The topological polar surface area (TPSA) is 66.8 Å². The summed E-state index contributed by atoms with van der Waals surface area (Å²) in [5, 5.41) is 9.14. The molecule has 1 aliphatic heterocycles. The lowest BCUT2D eigenvalue weighted by atomic mass is 9.86. The van der Waals surface area contributed by atoms with Gasteiger partial charge in [0.05, 0.1) is 5.92 Å². The van der Waals surface area contributed by atoms with Crippen molar-refractivity contribution in [2.75, 3.05) is 20.2 Å². The summed E-state index contributed by atoms with van der Waals surface area (Å²) < 4.78 is 5.35. The van der Waals surface area contributed by atoms with Crippen LogP contribution in [0.2, 0.25) is 0 Å². The Morgan fingerprint density at radius 3 is 2.52 bits per heavy atom. The highest BCUT2D eigenvalue weighted by Crippen LogP contribution is 2.27. The van der Waals surface area contributed by atoms with Crippen LogP contribution in [0, 0.1) is 11.8 Å². The molecule has 0 bridgehead atoms. The van der Waals surface area contributed by atoms with E-state index in [4.69, 9.17) is 9.84 Å². The molecule has 5 heteroatoms. The van der Waals surface area contributed by atoms with Gasteiger partial charge >= 0.3 is 5.97 Å². The van der Waals surface area contributed by atoms with Crippen LogP contribution < -0.4 is 0 Å². The van der Waals surface area contributed by atoms with Gasteiger partial charge in [0.1, 0.15) is 0 Å². The molecule has 1 aliphatic rings. The largest absolute Gasteiger partial charge is 0.481 e. The Hall–Kier alpha value is -1.88. The van der Waals surface area contributed by atoms with E-state index in [-0.39, 0.29) is 17.7 Å². The smallest absolute Gasteiger partial charge is 0.306 e. The lowest BCUT2D eigenvalue weighted by Crippen LogP contribution is -2.46. The maximum absolute atomic E-state index is 12.6. The fourth-order valence-electron chi connectivity index (χ4n) is 2.89. The predicted octanol–water partition coefficient (Wildman–Crippen LogP) is 1.94. The van der Waals surface area contributed by atoms with Crippen molar-refractivity contribution in [3.05, 3.63) is 35.9 Å². The van der Waals surface area contributed by atoms with Gasteiger partial charge in [-0.25, -0.2) is 0 Å². The summed E-state index contributed by atoms with van der Waals surface area (Å²) >= 11 is 0. The summed E-state index contributed by atoms with van der Waals surface area (Å²) in [4.78, 5) is 25.4. The number of carboxylic acids is 1. The Labute approximate surface area is 124 Å². The van der Waals surface area contributed by atoms with Crippen LogP contribution >= 0.6 is 0 Å². The third kappa shape index (κ3) is 3.42. The second-order valence-corrected chi connectivity index (χ2v) is 5.52. The second kappa shape index (κ2) is 6.72. The van der Waals surface area contributed by atoms with Crippen LogP contribution in [0.1, 0.15) is 25.0 Å². The van der Waals surface area contributed by atoms with Gasteiger partial charge in [0.2, 0.25) is 0 Å². The van der Waals surface area contributed by atoms with Crippen molar-refractivity contribution in [2.24, 2.45) is 11.8 Å². The number of ether oxygens (including phenoxy) is 1. The van der Waals surface area contributed by atoms with Gasteiger partial charge in [-0.05, 0) is 17.9 Å². The highest BCUT2D eigenvalue weighted by atomic mass is 16.5. The van der Waals surface area contributed by atoms with Crippen molar-refractivity contribution in [3.8, 4) is 0 Å². The molecule has 2 rings (SSSR count). The molecule has 3 atom stereocenters. The molecule has 1 aromatic rings. The van der Waals surface area contributed by atoms with Crippen molar-refractivity contribution < 1.29 is 19.4 Å². The fourth-order valence-corrected chi connectivity index (χ4v) is 2.89. The molecule has 1 amide bonds. The zero-order valence-electron chi connectivity index (χ0n) is 12.4. The number of likely N-dealkylation sites (tertiary alicyclic amines) is 1. The Morgan fingerprint density at radius 2 is 2.00 bits per heavy atom. The van der Waals surface area contributed by atoms with E-state index < -0.39 is 12.1 Å². The monoisotopic (exact) mass is 291 g/mol. The minimum atomic E-state index is -0.777. The van der Waals surface area contributed by atoms with Crippen LogP contribution in [0.4, 0.5) is 0 Å². The quantitative estimate of drug-likeness (QED) is 0.920. The predicted molar refractivity (Wildman–Crippen MR) is 77.7 cm³/mol. The van der Waals surface area contributed by atoms with Crippen LogP contribution in [0.5, 0.6) is 0 Å². The van der Waals surface area contributed by atoms with E-state index in [9.17, 15) is 9.59 Å². The molecule has 21 heavy (non-hydrogen) atoms. The number of amides is 1. The van der Waals surface area contributed by atoms with Crippen molar-refractivity contribution >= 4 is 11.9 Å². The third-order valence-electron chi connectivity index (χ3n) is 4.10. The van der Waals surface area contributed by atoms with E-state index in [1.165, 1.54) is 7.11 Å². The molecule has 0 radical (unpaired) electrons. The number of carbonyl (C=O) groups is 2. The zero-order chi connectivity index (χ0) is 15.4. The van der Waals surface area contributed by atoms with Crippen LogP contribution in [-0.4, -0.2) is 42.1 Å². The first-order valence-electron chi connectivity index (χ1n) is 7.14. The molecule has 1 fully saturated rings. The van der Waals surface area contributed by atoms with Gasteiger partial charge in [-0.15, -0.1) is 0 Å². The van der Waals surface area contributed by atoms with Crippen molar-refractivity contribution in [2.45, 2.75) is 19.4 Å². The highest BCUT2D eigenvalue weighted by Gasteiger charge is 2.35. The maximum atomic E-state index is 12.6. The summed E-state index contributed by atoms with van der Waals surface area (Å²) in [7, 11) is 1.52. The normalized spacial score (nSPS) is 23.6. The summed E-state index contributed by atoms with van der Waals surface area (Å²) in [6, 6.07) is 9.35. The van der Waals surface area contributed by atoms with E-state index in [0.717, 1.165) is 5.56 Å². The molecule has 0 aliphatic carbocycles. The molecule has 0 spiro atoms. The van der Waals surface area contributed by atoms with Crippen LogP contribution in [0.3, 0.4) is 0 Å². The van der Waals surface area contributed by atoms with Crippen molar-refractivity contribution in [1.82, 2.24) is 4.90 Å². The number of aliphatic carboxylic acids is 1. The van der Waals surface area contributed by atoms with Gasteiger partial charge in [0.15, 0.2) is 6.10 Å². The molecule has 1 heterocycles. The fraction of sp³-hybridized carbons (Fsp3) is 0.500. The summed E-state index contributed by atoms with van der Waals surface area (Å²) in [5.41, 5.74) is 0.818. The van der Waals surface area contributed by atoms with E-state index in [1.54, 1.807) is 4.90 Å². The van der Waals surface area contributed by atoms with Gasteiger partial charge < -0.3 is 14.7 Å². The molecule has 5 nitrogen and oxygen atoms in total. The molecule has 1 N–H and O–H groups in total. The number of hydrogen-bond acceptors (Lipinski definition) is 3. The minimum Gasteiger partial charge on any atom is -0.481 e. The lowest BCUT2D eigenvalue weighted by Gasteiger charge is -2.36. The molecule has 114 valence electrons. The number of methoxy groups -OCH3 is 1. The third-order valence-corrected chi connectivity index (χ3v) is 4.10. The Balaban J connectivity index is 2.08. The Kier molecular flexibility index (Phi) is 4.96. The van der Waals surface area contributed by atoms with E-state index in [1.807, 2.05) is 37.3 Å². The van der Waals surface area contributed by atoms with E-state index >= 15 is 0 Å². The number of rotatable bonds is 4. The van der Waals surface area contributed by atoms with E-state index in [2.05, 4.69) is 0 Å². The minimum absolute atomic E-state index is 0.0477. The molecule has 0 aromatic heterocycles. The first kappa shape index (κ1) is 15.5. The number of carbonyl (C=O) groups excluding carboxylic acids is 1. The maximum Gasteiger partial charge on any atom is 0.306 e. The first-order valence-corrected chi connectivity index (χ1v) is 7.14. The van der Waals surface area contributed by atoms with Gasteiger partial charge in [-0.2, -0.15) is 0 Å². The number of hydrogen-bond donors (Lipinski definition) is 1. The standard InChI is InChI=1S/C16H21NO4/c1-11-10-17(9-8-13(11)16(19)20)15(18)14(21-2)12-6-4-3-5-7-12/h3-7,11,13-14H,8-10H2,1-2H3,(H,19,20)/t11?,13?,14-/m1/s1. The number of nitrogens with zero attached hydrogens (tertiary/aromatic N) is 1. The molecule has 2 unspecified atom stereocenters. The molecular formula is C16H21NO4. The number of benzene rings is 1. The molecular weight excluding hydrogens is 270 g/mol. The number of carboxylic acid groups (broad SMARTS) is 1. The van der Waals surface area contributed by atoms with Gasteiger partial charge in [-0.1, -0.05) is 37.3 Å². The number of piperidine rings is 1. The Bertz CT molecular complexity index is 502. The van der Waals surface area contributed by atoms with Crippen molar-refractivity contribution in [1.29, 1.82) is 0 Å². The van der Waals surface area contributed by atoms with Crippen LogP contribution in [0.15, 0.2) is 30.3 Å². The van der Waals surface area contributed by atoms with Crippen molar-refractivity contribution in [3.63, 3.8) is 0 Å². The van der Waals surface area contributed by atoms with Gasteiger partial charge in [0.25, 0.3) is 5.91 Å². The van der Waals surface area contributed by atoms with Gasteiger partial charge in [-0.3, -0.25) is 9.59 Å². The molecule has 0 saturated carbocycles. The lowest BCUT2D eigenvalue weighted by molar-refractivity contribution is -0.152. The first-order chi connectivity index (χ1) is 10.0. The zero-order valence-corrected chi connectivity index (χ0v) is 12.4.